The van der Waals surface area contributed by atoms with Crippen LogP contribution in [0.2, 0.25) is 0 Å². The molecule has 1 atom stereocenters. The smallest absolute Gasteiger partial charge is 0.254 e. The third-order valence-corrected chi connectivity index (χ3v) is 3.48. The fraction of sp³-hybridized carbons (Fsp3) is 0.500. The maximum atomic E-state index is 12.2. The molecule has 2 rings (SSSR count). The number of aromatic nitrogens is 3. The molecule has 2 aromatic rings. The number of carbonyl (C=O) groups excluding carboxylic acids is 1. The number of hydrogen-bond donors (Lipinski definition) is 2. The van der Waals surface area contributed by atoms with Gasteiger partial charge in [0, 0.05) is 18.8 Å². The number of fused-ring (bicyclic) bond motifs is 1. The summed E-state index contributed by atoms with van der Waals surface area (Å²) in [5.74, 6) is -0.251. The average molecular weight is 276 g/mol. The Balaban J connectivity index is 2.24. The van der Waals surface area contributed by atoms with E-state index in [2.05, 4.69) is 15.4 Å². The van der Waals surface area contributed by atoms with Crippen LogP contribution >= 0.6 is 0 Å². The molecule has 2 heterocycles. The monoisotopic (exact) mass is 276 g/mol. The lowest BCUT2D eigenvalue weighted by Gasteiger charge is -2.21. The topological polar surface area (TPSA) is 79.5 Å². The molecule has 1 unspecified atom stereocenters. The summed E-state index contributed by atoms with van der Waals surface area (Å²) in [6, 6.07) is 1.86. The minimum atomic E-state index is -0.899. The van der Waals surface area contributed by atoms with Gasteiger partial charge in [0.15, 0.2) is 5.65 Å². The Bertz CT molecular complexity index is 646. The van der Waals surface area contributed by atoms with E-state index in [0.717, 1.165) is 17.0 Å². The Morgan fingerprint density at radius 3 is 2.85 bits per heavy atom. The van der Waals surface area contributed by atoms with Crippen molar-refractivity contribution in [3.8, 4) is 0 Å². The molecule has 0 spiro atoms. The molecule has 0 aliphatic heterocycles. The van der Waals surface area contributed by atoms with Crippen molar-refractivity contribution < 1.29 is 9.90 Å². The number of nitrogens with one attached hydrogen (secondary N) is 1. The molecule has 108 valence electrons. The van der Waals surface area contributed by atoms with Gasteiger partial charge in [-0.15, -0.1) is 0 Å². The van der Waals surface area contributed by atoms with Crippen LogP contribution < -0.4 is 5.32 Å². The Morgan fingerprint density at radius 1 is 1.50 bits per heavy atom. The summed E-state index contributed by atoms with van der Waals surface area (Å²) in [4.78, 5) is 16.4. The van der Waals surface area contributed by atoms with E-state index in [0.29, 0.717) is 12.0 Å². The first-order chi connectivity index (χ1) is 9.34. The molecule has 0 saturated heterocycles. The maximum Gasteiger partial charge on any atom is 0.254 e. The van der Waals surface area contributed by atoms with E-state index in [1.165, 1.54) is 0 Å². The first-order valence-electron chi connectivity index (χ1n) is 6.66. The fourth-order valence-electron chi connectivity index (χ4n) is 1.88. The van der Waals surface area contributed by atoms with E-state index < -0.39 is 5.60 Å². The van der Waals surface area contributed by atoms with Crippen molar-refractivity contribution in [2.75, 3.05) is 6.54 Å². The Kier molecular flexibility index (Phi) is 3.76. The van der Waals surface area contributed by atoms with Crippen molar-refractivity contribution in [2.45, 2.75) is 39.7 Å². The molecular formula is C14H20N4O2. The first-order valence-corrected chi connectivity index (χ1v) is 6.66. The lowest BCUT2D eigenvalue weighted by atomic mass is 10.0. The van der Waals surface area contributed by atoms with Gasteiger partial charge in [-0.1, -0.05) is 6.92 Å². The summed E-state index contributed by atoms with van der Waals surface area (Å²) in [5.41, 5.74) is 1.87. The van der Waals surface area contributed by atoms with E-state index >= 15 is 0 Å². The highest BCUT2D eigenvalue weighted by Crippen LogP contribution is 2.12. The van der Waals surface area contributed by atoms with E-state index in [-0.39, 0.29) is 12.5 Å². The SMILES string of the molecule is CCC(C)(O)CNC(=O)c1cnc2cc(C)nn2c1C. The zero-order valence-electron chi connectivity index (χ0n) is 12.3. The van der Waals surface area contributed by atoms with Gasteiger partial charge < -0.3 is 10.4 Å². The summed E-state index contributed by atoms with van der Waals surface area (Å²) in [6.45, 7) is 7.48. The number of rotatable bonds is 4. The molecule has 6 heteroatoms. The highest BCUT2D eigenvalue weighted by molar-refractivity contribution is 5.95. The lowest BCUT2D eigenvalue weighted by Crippen LogP contribution is -2.40. The van der Waals surface area contributed by atoms with Crippen LogP contribution in [0, 0.1) is 13.8 Å². The van der Waals surface area contributed by atoms with Crippen LogP contribution in [-0.4, -0.2) is 37.8 Å². The predicted molar refractivity (Wildman–Crippen MR) is 75.7 cm³/mol. The second kappa shape index (κ2) is 5.20. The summed E-state index contributed by atoms with van der Waals surface area (Å²) < 4.78 is 1.65. The van der Waals surface area contributed by atoms with Gasteiger partial charge >= 0.3 is 0 Å². The molecule has 0 bridgehead atoms. The van der Waals surface area contributed by atoms with Crippen molar-refractivity contribution in [1.29, 1.82) is 0 Å². The molecule has 2 N–H and O–H groups in total. The third-order valence-electron chi connectivity index (χ3n) is 3.48. The number of carbonyl (C=O) groups is 1. The summed E-state index contributed by atoms with van der Waals surface area (Å²) in [7, 11) is 0. The van der Waals surface area contributed by atoms with Crippen LogP contribution in [0.3, 0.4) is 0 Å². The highest BCUT2D eigenvalue weighted by atomic mass is 16.3. The minimum absolute atomic E-state index is 0.206. The van der Waals surface area contributed by atoms with Crippen LogP contribution in [0.5, 0.6) is 0 Å². The van der Waals surface area contributed by atoms with Crippen molar-refractivity contribution in [3.63, 3.8) is 0 Å². The normalized spacial score (nSPS) is 14.2. The fourth-order valence-corrected chi connectivity index (χ4v) is 1.88. The van der Waals surface area contributed by atoms with E-state index in [1.807, 2.05) is 26.8 Å². The highest BCUT2D eigenvalue weighted by Gasteiger charge is 2.20. The number of nitrogens with zero attached hydrogens (tertiary/aromatic N) is 3. The van der Waals surface area contributed by atoms with Gasteiger partial charge in [-0.05, 0) is 27.2 Å². The van der Waals surface area contributed by atoms with Gasteiger partial charge in [0.25, 0.3) is 5.91 Å². The van der Waals surface area contributed by atoms with Crippen LogP contribution in [0.1, 0.15) is 42.0 Å². The molecule has 1 amide bonds. The number of aliphatic hydroxyl groups is 1. The van der Waals surface area contributed by atoms with Gasteiger partial charge in [-0.3, -0.25) is 4.79 Å². The summed E-state index contributed by atoms with van der Waals surface area (Å²) in [5, 5.41) is 17.0. The van der Waals surface area contributed by atoms with Crippen LogP contribution in [-0.2, 0) is 0 Å². The zero-order chi connectivity index (χ0) is 14.9. The lowest BCUT2D eigenvalue weighted by molar-refractivity contribution is 0.0518. The molecular weight excluding hydrogens is 256 g/mol. The van der Waals surface area contributed by atoms with Gasteiger partial charge in [0.2, 0.25) is 0 Å². The molecule has 0 aliphatic rings. The quantitative estimate of drug-likeness (QED) is 0.880. The standard InChI is InChI=1S/C14H20N4O2/c1-5-14(4,20)8-16-13(19)11-7-15-12-6-9(2)17-18(12)10(11)3/h6-7,20H,5,8H2,1-4H3,(H,16,19). The number of hydrogen-bond acceptors (Lipinski definition) is 4. The molecule has 0 radical (unpaired) electrons. The second-order valence-corrected chi connectivity index (χ2v) is 5.35. The Hall–Kier alpha value is -1.95. The molecule has 2 aromatic heterocycles. The van der Waals surface area contributed by atoms with Gasteiger partial charge in [-0.2, -0.15) is 5.10 Å². The third kappa shape index (κ3) is 2.80. The van der Waals surface area contributed by atoms with Crippen molar-refractivity contribution in [1.82, 2.24) is 19.9 Å². The van der Waals surface area contributed by atoms with Crippen molar-refractivity contribution in [3.05, 3.63) is 29.2 Å². The van der Waals surface area contributed by atoms with E-state index in [4.69, 9.17) is 0 Å². The van der Waals surface area contributed by atoms with Crippen molar-refractivity contribution in [2.24, 2.45) is 0 Å². The molecule has 6 nitrogen and oxygen atoms in total. The molecule has 0 fully saturated rings. The molecule has 0 aromatic carbocycles. The minimum Gasteiger partial charge on any atom is -0.388 e. The zero-order valence-corrected chi connectivity index (χ0v) is 12.3. The molecule has 0 aliphatic carbocycles. The Labute approximate surface area is 117 Å². The van der Waals surface area contributed by atoms with Crippen LogP contribution in [0.15, 0.2) is 12.3 Å². The van der Waals surface area contributed by atoms with Crippen LogP contribution in [0.4, 0.5) is 0 Å². The first kappa shape index (κ1) is 14.5. The summed E-state index contributed by atoms with van der Waals surface area (Å²) in [6.07, 6.45) is 2.11. The average Bonchev–Trinajstić information content (AvgIpc) is 2.78. The summed E-state index contributed by atoms with van der Waals surface area (Å²) >= 11 is 0. The van der Waals surface area contributed by atoms with Gasteiger partial charge in [-0.25, -0.2) is 9.50 Å². The largest absolute Gasteiger partial charge is 0.388 e. The molecule has 20 heavy (non-hydrogen) atoms. The van der Waals surface area contributed by atoms with Crippen LogP contribution in [0.25, 0.3) is 5.65 Å². The van der Waals surface area contributed by atoms with Gasteiger partial charge in [0.1, 0.15) is 0 Å². The van der Waals surface area contributed by atoms with Crippen molar-refractivity contribution >= 4 is 11.6 Å². The maximum absolute atomic E-state index is 12.2. The van der Waals surface area contributed by atoms with E-state index in [1.54, 1.807) is 17.6 Å². The number of amides is 1. The molecule has 0 saturated carbocycles. The Morgan fingerprint density at radius 2 is 2.20 bits per heavy atom. The van der Waals surface area contributed by atoms with E-state index in [9.17, 15) is 9.90 Å². The number of aryl methyl sites for hydroxylation is 2. The second-order valence-electron chi connectivity index (χ2n) is 5.35. The van der Waals surface area contributed by atoms with Gasteiger partial charge in [0.05, 0.1) is 22.6 Å². The predicted octanol–water partition coefficient (Wildman–Crippen LogP) is 1.24.